The van der Waals surface area contributed by atoms with Crippen molar-refractivity contribution < 1.29 is 4.79 Å². The molecule has 1 amide bonds. The molecule has 0 spiro atoms. The van der Waals surface area contributed by atoms with Gasteiger partial charge in [-0.05, 0) is 41.5 Å². The van der Waals surface area contributed by atoms with Crippen LogP contribution in [0.15, 0.2) is 104 Å². The number of hydrogen-bond donors (Lipinski definition) is 3. The number of carbonyl (C=O) groups excluding carboxylic acids is 1. The highest BCUT2D eigenvalue weighted by Gasteiger charge is 2.16. The van der Waals surface area contributed by atoms with Crippen molar-refractivity contribution in [2.45, 2.75) is 6.42 Å². The van der Waals surface area contributed by atoms with Crippen LogP contribution in [0.3, 0.4) is 0 Å². The van der Waals surface area contributed by atoms with E-state index in [1.165, 1.54) is 0 Å². The van der Waals surface area contributed by atoms with Crippen LogP contribution in [0.25, 0.3) is 55.7 Å². The molecule has 1 aromatic carbocycles. The Labute approximate surface area is 228 Å². The van der Waals surface area contributed by atoms with Crippen molar-refractivity contribution in [1.82, 2.24) is 35.1 Å². The van der Waals surface area contributed by atoms with Crippen LogP contribution in [0, 0.1) is 0 Å². The van der Waals surface area contributed by atoms with Crippen molar-refractivity contribution in [3.05, 3.63) is 109 Å². The maximum absolute atomic E-state index is 12.6. The Balaban J connectivity index is 1.21. The highest BCUT2D eigenvalue weighted by atomic mass is 16.1. The van der Waals surface area contributed by atoms with E-state index >= 15 is 0 Å². The largest absolute Gasteiger partial charge is 0.338 e. The zero-order chi connectivity index (χ0) is 26.9. The number of amides is 1. The quantitative estimate of drug-likeness (QED) is 0.253. The van der Waals surface area contributed by atoms with Crippen LogP contribution >= 0.6 is 0 Å². The second kappa shape index (κ2) is 9.88. The number of hydrogen-bond acceptors (Lipinski definition) is 6. The van der Waals surface area contributed by atoms with E-state index in [2.05, 4.69) is 46.5 Å². The van der Waals surface area contributed by atoms with Gasteiger partial charge in [-0.1, -0.05) is 36.4 Å². The number of rotatable bonds is 6. The van der Waals surface area contributed by atoms with Crippen LogP contribution in [0.5, 0.6) is 0 Å². The summed E-state index contributed by atoms with van der Waals surface area (Å²) in [7, 11) is 0. The van der Waals surface area contributed by atoms with Crippen molar-refractivity contribution in [3.63, 3.8) is 0 Å². The molecule has 40 heavy (non-hydrogen) atoms. The van der Waals surface area contributed by atoms with E-state index in [1.54, 1.807) is 31.0 Å². The molecule has 7 rings (SSSR count). The van der Waals surface area contributed by atoms with Gasteiger partial charge in [-0.2, -0.15) is 5.10 Å². The minimum Gasteiger partial charge on any atom is -0.338 e. The third-order valence-corrected chi connectivity index (χ3v) is 6.73. The summed E-state index contributed by atoms with van der Waals surface area (Å²) in [4.78, 5) is 33.7. The smallest absolute Gasteiger partial charge is 0.228 e. The van der Waals surface area contributed by atoms with Crippen LogP contribution < -0.4 is 5.32 Å². The van der Waals surface area contributed by atoms with Crippen molar-refractivity contribution >= 4 is 33.5 Å². The lowest BCUT2D eigenvalue weighted by Crippen LogP contribution is -2.14. The number of pyridine rings is 4. The van der Waals surface area contributed by atoms with Crippen molar-refractivity contribution in [3.8, 4) is 33.8 Å². The van der Waals surface area contributed by atoms with Gasteiger partial charge in [0.15, 0.2) is 0 Å². The molecular formula is C31H22N8O. The van der Waals surface area contributed by atoms with Gasteiger partial charge < -0.3 is 10.3 Å². The first-order chi connectivity index (χ1) is 19.7. The Hall–Kier alpha value is -5.70. The molecule has 3 N–H and O–H groups in total. The van der Waals surface area contributed by atoms with Gasteiger partial charge in [0.25, 0.3) is 0 Å². The maximum Gasteiger partial charge on any atom is 0.228 e. The second-order valence-corrected chi connectivity index (χ2v) is 9.41. The predicted molar refractivity (Wildman–Crippen MR) is 154 cm³/mol. The Bertz CT molecular complexity index is 1980. The van der Waals surface area contributed by atoms with Gasteiger partial charge in [0.1, 0.15) is 11.3 Å². The van der Waals surface area contributed by atoms with E-state index in [1.807, 2.05) is 66.9 Å². The minimum absolute atomic E-state index is 0.108. The van der Waals surface area contributed by atoms with Crippen LogP contribution in [-0.2, 0) is 11.2 Å². The maximum atomic E-state index is 12.6. The van der Waals surface area contributed by atoms with E-state index < -0.39 is 0 Å². The molecule has 0 bridgehead atoms. The fourth-order valence-electron chi connectivity index (χ4n) is 4.84. The van der Waals surface area contributed by atoms with E-state index in [4.69, 9.17) is 0 Å². The number of H-pyrrole nitrogens is 2. The molecule has 9 nitrogen and oxygen atoms in total. The summed E-state index contributed by atoms with van der Waals surface area (Å²) in [6.07, 6.45) is 10.8. The molecule has 0 atom stereocenters. The molecule has 7 aromatic rings. The summed E-state index contributed by atoms with van der Waals surface area (Å²) in [5.74, 6) is -0.108. The first-order valence-electron chi connectivity index (χ1n) is 12.7. The molecule has 6 heterocycles. The molecule has 0 saturated carbocycles. The average molecular weight is 523 g/mol. The van der Waals surface area contributed by atoms with Gasteiger partial charge in [0, 0.05) is 46.7 Å². The zero-order valence-corrected chi connectivity index (χ0v) is 21.2. The summed E-state index contributed by atoms with van der Waals surface area (Å²) < 4.78 is 0. The molecule has 192 valence electrons. The number of aromatic amines is 2. The number of benzene rings is 1. The highest BCUT2D eigenvalue weighted by molar-refractivity contribution is 6.00. The fraction of sp³-hybridized carbons (Fsp3) is 0.0323. The number of nitrogens with one attached hydrogen (secondary N) is 3. The molecule has 0 aliphatic carbocycles. The van der Waals surface area contributed by atoms with E-state index in [-0.39, 0.29) is 12.3 Å². The third kappa shape index (κ3) is 4.45. The fourth-order valence-corrected chi connectivity index (χ4v) is 4.84. The van der Waals surface area contributed by atoms with Crippen molar-refractivity contribution in [2.24, 2.45) is 0 Å². The van der Waals surface area contributed by atoms with Gasteiger partial charge in [0.2, 0.25) is 5.91 Å². The number of fused-ring (bicyclic) bond motifs is 2. The average Bonchev–Trinajstić information content (AvgIpc) is 3.62. The van der Waals surface area contributed by atoms with Gasteiger partial charge in [-0.25, -0.2) is 4.98 Å². The standard InChI is InChI=1S/C31H22N8O/c40-29(11-19-5-2-1-3-6-19)36-22-12-21(16-33-17-22)26-14-25-28(18-35-26)38-39-30(25)27-13-24-23(8-10-34-31(24)37-27)20-7-4-9-32-15-20/h1-10,12-18H,11H2,(H,34,37)(H,36,40)(H,38,39). The van der Waals surface area contributed by atoms with E-state index in [0.29, 0.717) is 11.4 Å². The summed E-state index contributed by atoms with van der Waals surface area (Å²) in [6.45, 7) is 0. The van der Waals surface area contributed by atoms with Crippen molar-refractivity contribution in [2.75, 3.05) is 5.32 Å². The Morgan fingerprint density at radius 2 is 1.70 bits per heavy atom. The first kappa shape index (κ1) is 23.4. The van der Waals surface area contributed by atoms with Gasteiger partial charge in [-0.3, -0.25) is 24.8 Å². The van der Waals surface area contributed by atoms with Crippen LogP contribution in [0.2, 0.25) is 0 Å². The van der Waals surface area contributed by atoms with Crippen LogP contribution in [-0.4, -0.2) is 41.0 Å². The molecule has 0 unspecified atom stereocenters. The predicted octanol–water partition coefficient (Wildman–Crippen LogP) is 5.81. The lowest BCUT2D eigenvalue weighted by atomic mass is 10.1. The molecule has 0 aliphatic rings. The minimum atomic E-state index is -0.108. The highest BCUT2D eigenvalue weighted by Crippen LogP contribution is 2.34. The SMILES string of the molecule is O=C(Cc1ccccc1)Nc1cncc(-c2cc3c(-c4cc5c(-c6cccnc6)ccnc5[nH]4)n[nH]c3cn2)c1. The summed E-state index contributed by atoms with van der Waals surface area (Å²) >= 11 is 0. The Morgan fingerprint density at radius 3 is 2.58 bits per heavy atom. The molecule has 9 heteroatoms. The van der Waals surface area contributed by atoms with Gasteiger partial charge >= 0.3 is 0 Å². The molecule has 0 fully saturated rings. The van der Waals surface area contributed by atoms with Crippen LogP contribution in [0.4, 0.5) is 5.69 Å². The van der Waals surface area contributed by atoms with Gasteiger partial charge in [-0.15, -0.1) is 0 Å². The molecule has 0 aliphatic heterocycles. The monoisotopic (exact) mass is 522 g/mol. The molecule has 0 radical (unpaired) electrons. The second-order valence-electron chi connectivity index (χ2n) is 9.41. The Morgan fingerprint density at radius 1 is 0.800 bits per heavy atom. The number of aromatic nitrogens is 7. The van der Waals surface area contributed by atoms with Crippen molar-refractivity contribution in [1.29, 1.82) is 0 Å². The lowest BCUT2D eigenvalue weighted by Gasteiger charge is -2.07. The third-order valence-electron chi connectivity index (χ3n) is 6.73. The van der Waals surface area contributed by atoms with E-state index in [0.717, 1.165) is 55.6 Å². The molecule has 6 aromatic heterocycles. The molecule has 0 saturated heterocycles. The molecular weight excluding hydrogens is 500 g/mol. The normalized spacial score (nSPS) is 11.2. The lowest BCUT2D eigenvalue weighted by molar-refractivity contribution is -0.115. The van der Waals surface area contributed by atoms with E-state index in [9.17, 15) is 4.79 Å². The first-order valence-corrected chi connectivity index (χ1v) is 12.7. The van der Waals surface area contributed by atoms with Gasteiger partial charge in [0.05, 0.1) is 41.4 Å². The number of carbonyl (C=O) groups is 1. The summed E-state index contributed by atoms with van der Waals surface area (Å²) in [5.41, 5.74) is 8.28. The topological polar surface area (TPSA) is 125 Å². The Kier molecular flexibility index (Phi) is 5.78. The number of nitrogens with zero attached hydrogens (tertiary/aromatic N) is 5. The van der Waals surface area contributed by atoms with Crippen LogP contribution in [0.1, 0.15) is 5.56 Å². The zero-order valence-electron chi connectivity index (χ0n) is 21.2. The summed E-state index contributed by atoms with van der Waals surface area (Å²) in [5, 5.41) is 12.5. The number of anilines is 1. The summed E-state index contributed by atoms with van der Waals surface area (Å²) in [6, 6.07) is 21.5.